The van der Waals surface area contributed by atoms with Gasteiger partial charge < -0.3 is 9.73 Å². The van der Waals surface area contributed by atoms with E-state index in [1.807, 2.05) is 30.3 Å². The van der Waals surface area contributed by atoms with Gasteiger partial charge in [0.2, 0.25) is 0 Å². The number of aryl methyl sites for hydroxylation is 1. The van der Waals surface area contributed by atoms with Gasteiger partial charge in [0.25, 0.3) is 0 Å². The number of para-hydroxylation sites is 1. The molecule has 0 unspecified atom stereocenters. The van der Waals surface area contributed by atoms with Gasteiger partial charge in [-0.3, -0.25) is 0 Å². The van der Waals surface area contributed by atoms with Gasteiger partial charge in [0, 0.05) is 34.3 Å². The molecule has 162 valence electrons. The number of furan rings is 1. The van der Waals surface area contributed by atoms with Crippen LogP contribution in [0.25, 0.3) is 28.2 Å². The van der Waals surface area contributed by atoms with E-state index in [1.54, 1.807) is 0 Å². The zero-order valence-corrected chi connectivity index (χ0v) is 19.4. The van der Waals surface area contributed by atoms with Crippen molar-refractivity contribution in [3.05, 3.63) is 108 Å². The molecule has 0 atom stereocenters. The Hall–Kier alpha value is -3.52. The van der Waals surface area contributed by atoms with E-state index in [-0.39, 0.29) is 5.41 Å². The number of fused-ring (bicyclic) bond motifs is 1. The second-order valence-electron chi connectivity index (χ2n) is 9.15. The van der Waals surface area contributed by atoms with Crippen LogP contribution in [0.2, 0.25) is 0 Å². The molecule has 0 amide bonds. The highest BCUT2D eigenvalue weighted by atomic mass is 16.3. The van der Waals surface area contributed by atoms with E-state index in [9.17, 15) is 0 Å². The van der Waals surface area contributed by atoms with Gasteiger partial charge in [0.1, 0.15) is 11.3 Å². The van der Waals surface area contributed by atoms with Crippen LogP contribution in [0.15, 0.2) is 95.6 Å². The van der Waals surface area contributed by atoms with E-state index >= 15 is 0 Å². The lowest BCUT2D eigenvalue weighted by molar-refractivity contribution is 0.556. The van der Waals surface area contributed by atoms with Crippen molar-refractivity contribution >= 4 is 22.7 Å². The minimum Gasteiger partial charge on any atom is -0.460 e. The summed E-state index contributed by atoms with van der Waals surface area (Å²) < 4.78 is 6.02. The molecule has 4 rings (SSSR count). The SMILES string of the molecule is C=C(/C=C\c1c(CC)oc2ccccc12)Nc1ccc(C(C)(C)C)cc1-c1ccccc1. The van der Waals surface area contributed by atoms with E-state index in [0.717, 1.165) is 40.1 Å². The maximum atomic E-state index is 6.02. The van der Waals surface area contributed by atoms with E-state index < -0.39 is 0 Å². The second kappa shape index (κ2) is 8.92. The average molecular weight is 422 g/mol. The van der Waals surface area contributed by atoms with E-state index in [1.165, 1.54) is 16.7 Å². The molecule has 2 nitrogen and oxygen atoms in total. The first kappa shape index (κ1) is 21.7. The molecule has 0 bridgehead atoms. The lowest BCUT2D eigenvalue weighted by Crippen LogP contribution is -2.11. The summed E-state index contributed by atoms with van der Waals surface area (Å²) >= 11 is 0. The molecule has 1 N–H and O–H groups in total. The first-order valence-corrected chi connectivity index (χ1v) is 11.2. The van der Waals surface area contributed by atoms with Crippen LogP contribution in [0, 0.1) is 0 Å². The van der Waals surface area contributed by atoms with Crippen LogP contribution in [0.3, 0.4) is 0 Å². The quantitative estimate of drug-likeness (QED) is 0.315. The van der Waals surface area contributed by atoms with Crippen molar-refractivity contribution in [3.8, 4) is 11.1 Å². The Kier molecular flexibility index (Phi) is 6.05. The Labute approximate surface area is 191 Å². The largest absolute Gasteiger partial charge is 0.460 e. The summed E-state index contributed by atoms with van der Waals surface area (Å²) in [5, 5.41) is 4.66. The number of hydrogen-bond acceptors (Lipinski definition) is 2. The van der Waals surface area contributed by atoms with Crippen LogP contribution in [-0.2, 0) is 11.8 Å². The standard InChI is InChI=1S/C30H31NO/c1-6-28-25(24-14-10-11-15-29(24)32-28)18-16-21(2)31-27-19-17-23(30(3,4)5)20-26(27)22-12-8-7-9-13-22/h7-20,31H,2,6H2,1,3-5H3/b18-16-. The number of benzene rings is 3. The van der Waals surface area contributed by atoms with Gasteiger partial charge in [0.05, 0.1) is 0 Å². The Morgan fingerprint density at radius 1 is 0.969 bits per heavy atom. The maximum absolute atomic E-state index is 6.02. The van der Waals surface area contributed by atoms with Crippen LogP contribution in [0.4, 0.5) is 5.69 Å². The third-order valence-corrected chi connectivity index (χ3v) is 5.75. The number of rotatable bonds is 6. The van der Waals surface area contributed by atoms with Crippen LogP contribution in [0.1, 0.15) is 44.6 Å². The Morgan fingerprint density at radius 2 is 1.69 bits per heavy atom. The molecule has 0 aliphatic carbocycles. The molecule has 2 heteroatoms. The lowest BCUT2D eigenvalue weighted by Gasteiger charge is -2.22. The molecule has 3 aromatic carbocycles. The molecule has 0 saturated carbocycles. The maximum Gasteiger partial charge on any atom is 0.134 e. The minimum atomic E-state index is 0.0812. The topological polar surface area (TPSA) is 25.2 Å². The van der Waals surface area contributed by atoms with Gasteiger partial charge in [-0.1, -0.05) is 88.9 Å². The zero-order chi connectivity index (χ0) is 22.7. The fourth-order valence-electron chi connectivity index (χ4n) is 3.94. The molecule has 1 heterocycles. The van der Waals surface area contributed by atoms with Crippen LogP contribution < -0.4 is 5.32 Å². The smallest absolute Gasteiger partial charge is 0.134 e. The van der Waals surface area contributed by atoms with E-state index in [2.05, 4.69) is 94.2 Å². The number of hydrogen-bond donors (Lipinski definition) is 1. The van der Waals surface area contributed by atoms with Gasteiger partial charge in [-0.05, 0) is 46.9 Å². The highest BCUT2D eigenvalue weighted by Gasteiger charge is 2.16. The van der Waals surface area contributed by atoms with Crippen LogP contribution in [0.5, 0.6) is 0 Å². The molecule has 1 aromatic heterocycles. The van der Waals surface area contributed by atoms with E-state index in [4.69, 9.17) is 4.42 Å². The summed E-state index contributed by atoms with van der Waals surface area (Å²) in [7, 11) is 0. The third-order valence-electron chi connectivity index (χ3n) is 5.75. The van der Waals surface area contributed by atoms with Crippen molar-refractivity contribution < 1.29 is 4.42 Å². The predicted octanol–water partition coefficient (Wildman–Crippen LogP) is 8.60. The second-order valence-corrected chi connectivity index (χ2v) is 9.15. The molecule has 0 aliphatic heterocycles. The molecule has 4 aromatic rings. The van der Waals surface area contributed by atoms with Crippen molar-refractivity contribution in [2.45, 2.75) is 39.5 Å². The molecule has 0 spiro atoms. The fourth-order valence-corrected chi connectivity index (χ4v) is 3.94. The summed E-state index contributed by atoms with van der Waals surface area (Å²) in [5.41, 5.74) is 7.68. The lowest BCUT2D eigenvalue weighted by atomic mass is 9.85. The molecule has 0 fully saturated rings. The van der Waals surface area contributed by atoms with Crippen molar-refractivity contribution in [2.24, 2.45) is 0 Å². The number of allylic oxidation sites excluding steroid dienone is 1. The van der Waals surface area contributed by atoms with Gasteiger partial charge >= 0.3 is 0 Å². The highest BCUT2D eigenvalue weighted by molar-refractivity contribution is 5.89. The number of anilines is 1. The summed E-state index contributed by atoms with van der Waals surface area (Å²) in [4.78, 5) is 0. The Balaban J connectivity index is 1.65. The molecule has 0 saturated heterocycles. The fraction of sp³-hybridized carbons (Fsp3) is 0.200. The van der Waals surface area contributed by atoms with Gasteiger partial charge in [0.15, 0.2) is 0 Å². The van der Waals surface area contributed by atoms with Crippen molar-refractivity contribution in [1.29, 1.82) is 0 Å². The van der Waals surface area contributed by atoms with Gasteiger partial charge in [-0.2, -0.15) is 0 Å². The minimum absolute atomic E-state index is 0.0812. The van der Waals surface area contributed by atoms with Crippen molar-refractivity contribution in [2.75, 3.05) is 5.32 Å². The van der Waals surface area contributed by atoms with Crippen LogP contribution in [-0.4, -0.2) is 0 Å². The molecular formula is C30H31NO. The highest BCUT2D eigenvalue weighted by Crippen LogP contribution is 2.34. The molecular weight excluding hydrogens is 390 g/mol. The van der Waals surface area contributed by atoms with Crippen molar-refractivity contribution in [3.63, 3.8) is 0 Å². The number of nitrogens with one attached hydrogen (secondary N) is 1. The van der Waals surface area contributed by atoms with E-state index in [0.29, 0.717) is 0 Å². The third kappa shape index (κ3) is 4.55. The first-order chi connectivity index (χ1) is 15.4. The van der Waals surface area contributed by atoms with Crippen molar-refractivity contribution in [1.82, 2.24) is 0 Å². The summed E-state index contributed by atoms with van der Waals surface area (Å²) in [6.45, 7) is 13.1. The van der Waals surface area contributed by atoms with Crippen LogP contribution >= 0.6 is 0 Å². The Bertz CT molecular complexity index is 1270. The van der Waals surface area contributed by atoms with Gasteiger partial charge in [-0.15, -0.1) is 0 Å². The first-order valence-electron chi connectivity index (χ1n) is 11.2. The average Bonchev–Trinajstić information content (AvgIpc) is 3.15. The van der Waals surface area contributed by atoms with Gasteiger partial charge in [-0.25, -0.2) is 0 Å². The predicted molar refractivity (Wildman–Crippen MR) is 138 cm³/mol. The molecule has 32 heavy (non-hydrogen) atoms. The summed E-state index contributed by atoms with van der Waals surface area (Å²) in [5.74, 6) is 0.995. The Morgan fingerprint density at radius 3 is 2.41 bits per heavy atom. The summed E-state index contributed by atoms with van der Waals surface area (Å²) in [6.07, 6.45) is 4.98. The normalized spacial score (nSPS) is 11.9. The molecule has 0 aliphatic rings. The molecule has 0 radical (unpaired) electrons. The summed E-state index contributed by atoms with van der Waals surface area (Å²) in [6, 6.07) is 25.3. The monoisotopic (exact) mass is 421 g/mol. The zero-order valence-electron chi connectivity index (χ0n) is 19.4.